The number of aliphatic carboxylic acids is 1. The van der Waals surface area contributed by atoms with Gasteiger partial charge in [-0.2, -0.15) is 13.2 Å². The fraction of sp³-hybridized carbons (Fsp3) is 0.636. The standard InChI is InChI=1S/C19H27F3O.C3H6O2/c20-19(21,22)15-11-7-5-3-1-2-4-6-8-12-17-13-9-10-14-18(17)16-23;1-2-3(4)5/h9-10,13-14,16H,1-8,11-12,15H2;2H2,1H3,(H,4,5). The molecule has 0 aromatic heterocycles. The molecule has 6 heteroatoms. The van der Waals surface area contributed by atoms with Gasteiger partial charge in [0.15, 0.2) is 0 Å². The third kappa shape index (κ3) is 16.3. The van der Waals surface area contributed by atoms with Gasteiger partial charge in [0.05, 0.1) is 0 Å². The van der Waals surface area contributed by atoms with Gasteiger partial charge in [-0.15, -0.1) is 0 Å². The van der Waals surface area contributed by atoms with Crippen molar-refractivity contribution in [2.24, 2.45) is 0 Å². The van der Waals surface area contributed by atoms with Crippen molar-refractivity contribution in [3.8, 4) is 0 Å². The Morgan fingerprint density at radius 3 is 1.86 bits per heavy atom. The second-order valence-electron chi connectivity index (χ2n) is 6.86. The highest BCUT2D eigenvalue weighted by atomic mass is 19.4. The third-order valence-corrected chi connectivity index (χ3v) is 4.39. The van der Waals surface area contributed by atoms with Gasteiger partial charge < -0.3 is 5.11 Å². The van der Waals surface area contributed by atoms with Crippen LogP contribution in [0.15, 0.2) is 24.3 Å². The summed E-state index contributed by atoms with van der Waals surface area (Å²) in [5, 5.41) is 7.72. The molecule has 1 aromatic carbocycles. The van der Waals surface area contributed by atoms with Crippen LogP contribution in [0.5, 0.6) is 0 Å². The van der Waals surface area contributed by atoms with Crippen molar-refractivity contribution in [2.45, 2.75) is 90.1 Å². The van der Waals surface area contributed by atoms with Crippen LogP contribution in [0.4, 0.5) is 13.2 Å². The topological polar surface area (TPSA) is 54.4 Å². The van der Waals surface area contributed by atoms with Crippen LogP contribution in [0.3, 0.4) is 0 Å². The number of carboxylic acids is 1. The summed E-state index contributed by atoms with van der Waals surface area (Å²) in [6.45, 7) is 1.60. The molecule has 0 aliphatic heterocycles. The number of aryl methyl sites for hydroxylation is 1. The minimum atomic E-state index is -4.00. The number of benzene rings is 1. The number of hydrogen-bond donors (Lipinski definition) is 1. The van der Waals surface area contributed by atoms with E-state index in [0.717, 1.165) is 68.8 Å². The summed E-state index contributed by atoms with van der Waals surface area (Å²) in [7, 11) is 0. The largest absolute Gasteiger partial charge is 0.481 e. The molecular formula is C22H33F3O3. The van der Waals surface area contributed by atoms with Crippen molar-refractivity contribution in [1.82, 2.24) is 0 Å². The van der Waals surface area contributed by atoms with Crippen LogP contribution in [0, 0.1) is 0 Å². The summed E-state index contributed by atoms with van der Waals surface area (Å²) < 4.78 is 35.9. The summed E-state index contributed by atoms with van der Waals surface area (Å²) in [6, 6.07) is 7.69. The average molecular weight is 402 g/mol. The highest BCUT2D eigenvalue weighted by Gasteiger charge is 2.25. The van der Waals surface area contributed by atoms with Gasteiger partial charge in [-0.25, -0.2) is 0 Å². The van der Waals surface area contributed by atoms with Crippen LogP contribution < -0.4 is 0 Å². The molecule has 1 N–H and O–H groups in total. The number of carbonyl (C=O) groups excluding carboxylic acids is 1. The lowest BCUT2D eigenvalue weighted by molar-refractivity contribution is -0.137. The van der Waals surface area contributed by atoms with E-state index in [4.69, 9.17) is 5.11 Å². The maximum Gasteiger partial charge on any atom is 0.389 e. The zero-order chi connectivity index (χ0) is 21.3. The second-order valence-corrected chi connectivity index (χ2v) is 6.86. The van der Waals surface area contributed by atoms with Crippen molar-refractivity contribution in [1.29, 1.82) is 0 Å². The molecule has 0 bridgehead atoms. The van der Waals surface area contributed by atoms with Gasteiger partial charge >= 0.3 is 12.1 Å². The Balaban J connectivity index is 0.00000129. The van der Waals surface area contributed by atoms with Gasteiger partial charge in [0.2, 0.25) is 0 Å². The lowest BCUT2D eigenvalue weighted by atomic mass is 10.0. The Kier molecular flexibility index (Phi) is 15.1. The molecule has 0 spiro atoms. The molecule has 3 nitrogen and oxygen atoms in total. The number of hydrogen-bond acceptors (Lipinski definition) is 2. The monoisotopic (exact) mass is 402 g/mol. The number of halogens is 3. The molecule has 1 rings (SSSR count). The van der Waals surface area contributed by atoms with Crippen LogP contribution in [-0.4, -0.2) is 23.5 Å². The molecule has 0 amide bonds. The molecule has 0 unspecified atom stereocenters. The average Bonchev–Trinajstić information content (AvgIpc) is 2.66. The summed E-state index contributed by atoms with van der Waals surface area (Å²) in [6.07, 6.45) is 5.95. The van der Waals surface area contributed by atoms with E-state index in [2.05, 4.69) is 0 Å². The predicted octanol–water partition coefficient (Wildman–Crippen LogP) is 6.99. The Bertz CT molecular complexity index is 542. The van der Waals surface area contributed by atoms with E-state index in [1.165, 1.54) is 0 Å². The van der Waals surface area contributed by atoms with Crippen molar-refractivity contribution < 1.29 is 27.9 Å². The molecule has 0 atom stereocenters. The van der Waals surface area contributed by atoms with Gasteiger partial charge in [-0.05, 0) is 24.8 Å². The molecular weight excluding hydrogens is 369 g/mol. The maximum atomic E-state index is 12.0. The molecule has 0 aliphatic rings. The Morgan fingerprint density at radius 2 is 1.39 bits per heavy atom. The fourth-order valence-corrected chi connectivity index (χ4v) is 2.76. The highest BCUT2D eigenvalue weighted by Crippen LogP contribution is 2.23. The summed E-state index contributed by atoms with van der Waals surface area (Å²) in [5.74, 6) is -0.745. The maximum absolute atomic E-state index is 12.0. The molecule has 0 fully saturated rings. The Hall–Kier alpha value is -1.85. The first-order valence-corrected chi connectivity index (χ1v) is 10.1. The summed E-state index contributed by atoms with van der Waals surface area (Å²) in [4.78, 5) is 20.3. The van der Waals surface area contributed by atoms with E-state index in [1.807, 2.05) is 24.3 Å². The minimum Gasteiger partial charge on any atom is -0.481 e. The smallest absolute Gasteiger partial charge is 0.389 e. The third-order valence-electron chi connectivity index (χ3n) is 4.39. The Morgan fingerprint density at radius 1 is 0.929 bits per heavy atom. The van der Waals surface area contributed by atoms with Crippen LogP contribution in [-0.2, 0) is 11.2 Å². The minimum absolute atomic E-state index is 0.222. The van der Waals surface area contributed by atoms with E-state index in [0.29, 0.717) is 6.42 Å². The molecule has 1 aromatic rings. The van der Waals surface area contributed by atoms with Crippen molar-refractivity contribution in [3.63, 3.8) is 0 Å². The lowest BCUT2D eigenvalue weighted by Gasteiger charge is -2.06. The summed E-state index contributed by atoms with van der Waals surface area (Å²) in [5.41, 5.74) is 1.90. The number of alkyl halides is 3. The van der Waals surface area contributed by atoms with Crippen LogP contribution >= 0.6 is 0 Å². The SMILES string of the molecule is CCC(=O)O.O=Cc1ccccc1CCCCCCCCCCCC(F)(F)F. The first kappa shape index (κ1) is 26.1. The molecule has 0 radical (unpaired) electrons. The molecule has 0 heterocycles. The second kappa shape index (κ2) is 16.1. The predicted molar refractivity (Wildman–Crippen MR) is 106 cm³/mol. The van der Waals surface area contributed by atoms with E-state index >= 15 is 0 Å². The molecule has 0 saturated heterocycles. The zero-order valence-corrected chi connectivity index (χ0v) is 16.8. The first-order valence-electron chi connectivity index (χ1n) is 10.1. The molecule has 0 saturated carbocycles. The van der Waals surface area contributed by atoms with Gasteiger partial charge in [0.1, 0.15) is 6.29 Å². The highest BCUT2D eigenvalue weighted by molar-refractivity contribution is 5.77. The molecule has 160 valence electrons. The van der Waals surface area contributed by atoms with Crippen molar-refractivity contribution in [3.05, 3.63) is 35.4 Å². The molecule has 0 aliphatic carbocycles. The Labute approximate surface area is 166 Å². The van der Waals surface area contributed by atoms with Crippen LogP contribution in [0.1, 0.15) is 93.5 Å². The van der Waals surface area contributed by atoms with E-state index in [1.54, 1.807) is 6.92 Å². The summed E-state index contributed by atoms with van der Waals surface area (Å²) >= 11 is 0. The number of unbranched alkanes of at least 4 members (excludes halogenated alkanes) is 8. The molecule has 28 heavy (non-hydrogen) atoms. The normalized spacial score (nSPS) is 10.9. The number of rotatable bonds is 13. The zero-order valence-electron chi connectivity index (χ0n) is 16.8. The van der Waals surface area contributed by atoms with Gasteiger partial charge in [-0.1, -0.05) is 76.1 Å². The van der Waals surface area contributed by atoms with E-state index in [-0.39, 0.29) is 12.8 Å². The van der Waals surface area contributed by atoms with Gasteiger partial charge in [-0.3, -0.25) is 9.59 Å². The van der Waals surface area contributed by atoms with Gasteiger partial charge in [0, 0.05) is 18.4 Å². The number of carboxylic acid groups (broad SMARTS) is 1. The van der Waals surface area contributed by atoms with E-state index < -0.39 is 18.6 Å². The van der Waals surface area contributed by atoms with E-state index in [9.17, 15) is 22.8 Å². The first-order chi connectivity index (χ1) is 13.3. The quantitative estimate of drug-likeness (QED) is 0.286. The van der Waals surface area contributed by atoms with Gasteiger partial charge in [0.25, 0.3) is 0 Å². The van der Waals surface area contributed by atoms with Crippen molar-refractivity contribution >= 4 is 12.3 Å². The van der Waals surface area contributed by atoms with Crippen LogP contribution in [0.2, 0.25) is 0 Å². The van der Waals surface area contributed by atoms with Crippen molar-refractivity contribution in [2.75, 3.05) is 0 Å². The van der Waals surface area contributed by atoms with Crippen LogP contribution in [0.25, 0.3) is 0 Å². The lowest BCUT2D eigenvalue weighted by Crippen LogP contribution is -2.06. The fourth-order valence-electron chi connectivity index (χ4n) is 2.76. The number of carbonyl (C=O) groups is 2. The number of aldehydes is 1.